The van der Waals surface area contributed by atoms with Crippen LogP contribution in [0, 0.1) is 28.6 Å². The monoisotopic (exact) mass is 334 g/mol. The summed E-state index contributed by atoms with van der Waals surface area (Å²) < 4.78 is 0. The van der Waals surface area contributed by atoms with Gasteiger partial charge in [-0.2, -0.15) is 0 Å². The van der Waals surface area contributed by atoms with E-state index in [1.165, 1.54) is 5.57 Å². The van der Waals surface area contributed by atoms with Crippen LogP contribution in [0.5, 0.6) is 0 Å². The first kappa shape index (κ1) is 17.1. The van der Waals surface area contributed by atoms with Crippen LogP contribution in [0.4, 0.5) is 0 Å². The van der Waals surface area contributed by atoms with Gasteiger partial charge >= 0.3 is 0 Å². The molecule has 3 N–H and O–H groups in total. The first-order valence-corrected chi connectivity index (χ1v) is 10.0. The highest BCUT2D eigenvalue weighted by atomic mass is 16.3. The Kier molecular flexibility index (Phi) is 3.77. The van der Waals surface area contributed by atoms with Crippen LogP contribution in [0.25, 0.3) is 0 Å². The summed E-state index contributed by atoms with van der Waals surface area (Å²) in [6, 6.07) is 0. The summed E-state index contributed by atoms with van der Waals surface area (Å²) >= 11 is 0. The third-order valence-electron chi connectivity index (χ3n) is 8.98. The van der Waals surface area contributed by atoms with Crippen molar-refractivity contribution in [2.75, 3.05) is 0 Å². The largest absolute Gasteiger partial charge is 0.393 e. The Morgan fingerprint density at radius 1 is 1.08 bits per heavy atom. The van der Waals surface area contributed by atoms with Crippen molar-refractivity contribution < 1.29 is 15.3 Å². The zero-order chi connectivity index (χ0) is 17.3. The second kappa shape index (κ2) is 5.31. The Morgan fingerprint density at radius 2 is 1.79 bits per heavy atom. The number of aliphatic hydroxyl groups excluding tert-OH is 2. The predicted molar refractivity (Wildman–Crippen MR) is 94.3 cm³/mol. The molecule has 0 aromatic heterocycles. The molecule has 3 fully saturated rings. The second-order valence-corrected chi connectivity index (χ2v) is 9.75. The quantitative estimate of drug-likeness (QED) is 0.644. The number of fused-ring (bicyclic) bond motifs is 5. The van der Waals surface area contributed by atoms with Gasteiger partial charge in [-0.25, -0.2) is 0 Å². The van der Waals surface area contributed by atoms with Gasteiger partial charge in [0.05, 0.1) is 17.8 Å². The number of hydrogen-bond acceptors (Lipinski definition) is 3. The number of aliphatic hydroxyl groups is 3. The third kappa shape index (κ3) is 2.01. The molecule has 0 bridgehead atoms. The molecule has 0 unspecified atom stereocenters. The molecular formula is C21H34O3. The molecule has 0 aromatic carbocycles. The van der Waals surface area contributed by atoms with Crippen LogP contribution in [0.2, 0.25) is 0 Å². The lowest BCUT2D eigenvalue weighted by atomic mass is 9.46. The summed E-state index contributed by atoms with van der Waals surface area (Å²) in [5, 5.41) is 31.6. The highest BCUT2D eigenvalue weighted by Crippen LogP contribution is 2.67. The highest BCUT2D eigenvalue weighted by molar-refractivity contribution is 5.26. The van der Waals surface area contributed by atoms with Gasteiger partial charge in [0.1, 0.15) is 0 Å². The first-order valence-electron chi connectivity index (χ1n) is 10.0. The predicted octanol–water partition coefficient (Wildman–Crippen LogP) is 3.42. The van der Waals surface area contributed by atoms with Crippen molar-refractivity contribution in [2.24, 2.45) is 28.6 Å². The van der Waals surface area contributed by atoms with E-state index < -0.39 is 11.7 Å². The topological polar surface area (TPSA) is 60.7 Å². The molecule has 4 aliphatic rings. The zero-order valence-electron chi connectivity index (χ0n) is 15.5. The van der Waals surface area contributed by atoms with E-state index in [4.69, 9.17) is 0 Å². The molecule has 24 heavy (non-hydrogen) atoms. The van der Waals surface area contributed by atoms with Gasteiger partial charge in [0, 0.05) is 5.41 Å². The van der Waals surface area contributed by atoms with Crippen molar-refractivity contribution in [3.8, 4) is 0 Å². The fourth-order valence-corrected chi connectivity index (χ4v) is 7.38. The van der Waals surface area contributed by atoms with Crippen molar-refractivity contribution in [3.63, 3.8) is 0 Å². The van der Waals surface area contributed by atoms with Crippen molar-refractivity contribution >= 4 is 0 Å². The summed E-state index contributed by atoms with van der Waals surface area (Å²) in [5.41, 5.74) is 0.665. The van der Waals surface area contributed by atoms with Crippen LogP contribution in [0.3, 0.4) is 0 Å². The molecule has 0 radical (unpaired) electrons. The van der Waals surface area contributed by atoms with Gasteiger partial charge in [0.2, 0.25) is 0 Å². The lowest BCUT2D eigenvalue weighted by Crippen LogP contribution is -2.58. The molecule has 0 heterocycles. The molecule has 0 aliphatic heterocycles. The second-order valence-electron chi connectivity index (χ2n) is 9.75. The van der Waals surface area contributed by atoms with E-state index in [-0.39, 0.29) is 16.9 Å². The van der Waals surface area contributed by atoms with Gasteiger partial charge in [-0.3, -0.25) is 0 Å². The molecule has 8 atom stereocenters. The minimum atomic E-state index is -0.920. The standard InChI is InChI=1S/C21H34O3/c1-13(22)21(24)11-8-18-16-5-4-14-12-15(23)6-9-19(14,2)17(16)7-10-20(18,21)3/h4,13,15-18,22-24H,5-12H2,1-3H3/t13-,15-,16-,17+,18+,19-,20-,21+/m0/s1. The van der Waals surface area contributed by atoms with Crippen LogP contribution in [0.1, 0.15) is 72.1 Å². The molecule has 4 rings (SSSR count). The molecule has 3 nitrogen and oxygen atoms in total. The summed E-state index contributed by atoms with van der Waals surface area (Å²) in [6.45, 7) is 6.43. The lowest BCUT2D eigenvalue weighted by molar-refractivity contribution is -0.170. The maximum absolute atomic E-state index is 11.2. The number of hydrogen-bond donors (Lipinski definition) is 3. The fraction of sp³-hybridized carbons (Fsp3) is 0.905. The van der Waals surface area contributed by atoms with Crippen LogP contribution in [0.15, 0.2) is 11.6 Å². The average Bonchev–Trinajstić information content (AvgIpc) is 2.81. The van der Waals surface area contributed by atoms with Crippen molar-refractivity contribution in [3.05, 3.63) is 11.6 Å². The van der Waals surface area contributed by atoms with E-state index in [2.05, 4.69) is 19.9 Å². The Balaban J connectivity index is 1.68. The SMILES string of the molecule is C[C@H](O)[C@]1(O)CC[C@@H]2[C@H]3CC=C4C[C@@H](O)CC[C@]4(C)[C@@H]3CC[C@@]21C. The van der Waals surface area contributed by atoms with Crippen molar-refractivity contribution in [1.82, 2.24) is 0 Å². The maximum atomic E-state index is 11.2. The van der Waals surface area contributed by atoms with E-state index in [0.29, 0.717) is 17.8 Å². The summed E-state index contributed by atoms with van der Waals surface area (Å²) in [6.07, 6.45) is 9.56. The number of allylic oxidation sites excluding steroid dienone is 1. The van der Waals surface area contributed by atoms with Gasteiger partial charge in [0.25, 0.3) is 0 Å². The molecule has 0 amide bonds. The molecule has 4 aliphatic carbocycles. The van der Waals surface area contributed by atoms with Crippen LogP contribution < -0.4 is 0 Å². The zero-order valence-corrected chi connectivity index (χ0v) is 15.5. The fourth-order valence-electron chi connectivity index (χ4n) is 7.38. The first-order chi connectivity index (χ1) is 11.2. The van der Waals surface area contributed by atoms with Gasteiger partial charge in [-0.15, -0.1) is 0 Å². The molecule has 0 spiro atoms. The Bertz CT molecular complexity index is 555. The smallest absolute Gasteiger partial charge is 0.0958 e. The molecular weight excluding hydrogens is 300 g/mol. The van der Waals surface area contributed by atoms with E-state index in [0.717, 1.165) is 51.4 Å². The molecule has 3 saturated carbocycles. The molecule has 0 saturated heterocycles. The Hall–Kier alpha value is -0.380. The minimum Gasteiger partial charge on any atom is -0.393 e. The van der Waals surface area contributed by atoms with E-state index in [1.54, 1.807) is 6.92 Å². The Labute approximate surface area is 146 Å². The molecule has 0 aromatic rings. The minimum absolute atomic E-state index is 0.151. The van der Waals surface area contributed by atoms with E-state index >= 15 is 0 Å². The lowest BCUT2D eigenvalue weighted by Gasteiger charge is -2.59. The number of rotatable bonds is 1. The average molecular weight is 335 g/mol. The van der Waals surface area contributed by atoms with Gasteiger partial charge in [-0.05, 0) is 81.5 Å². The van der Waals surface area contributed by atoms with Crippen molar-refractivity contribution in [1.29, 1.82) is 0 Å². The Morgan fingerprint density at radius 3 is 2.50 bits per heavy atom. The summed E-state index contributed by atoms with van der Waals surface area (Å²) in [4.78, 5) is 0. The molecule has 3 heteroatoms. The molecule has 136 valence electrons. The van der Waals surface area contributed by atoms with Crippen molar-refractivity contribution in [2.45, 2.75) is 89.9 Å². The van der Waals surface area contributed by atoms with Gasteiger partial charge in [0.15, 0.2) is 0 Å². The highest BCUT2D eigenvalue weighted by Gasteiger charge is 2.64. The van der Waals surface area contributed by atoms with Crippen LogP contribution >= 0.6 is 0 Å². The summed E-state index contributed by atoms with van der Waals surface area (Å²) in [5.74, 6) is 1.82. The van der Waals surface area contributed by atoms with E-state index in [1.807, 2.05) is 0 Å². The van der Waals surface area contributed by atoms with Crippen LogP contribution in [-0.4, -0.2) is 33.1 Å². The van der Waals surface area contributed by atoms with Crippen LogP contribution in [-0.2, 0) is 0 Å². The third-order valence-corrected chi connectivity index (χ3v) is 8.98. The van der Waals surface area contributed by atoms with Gasteiger partial charge < -0.3 is 15.3 Å². The van der Waals surface area contributed by atoms with Gasteiger partial charge in [-0.1, -0.05) is 25.5 Å². The maximum Gasteiger partial charge on any atom is 0.0958 e. The summed E-state index contributed by atoms with van der Waals surface area (Å²) in [7, 11) is 0. The van der Waals surface area contributed by atoms with E-state index in [9.17, 15) is 15.3 Å². The normalized spacial score (nSPS) is 55.2.